The lowest BCUT2D eigenvalue weighted by Gasteiger charge is -2.16. The summed E-state index contributed by atoms with van der Waals surface area (Å²) in [6.07, 6.45) is 5.32. The number of pyridine rings is 1. The zero-order valence-corrected chi connectivity index (χ0v) is 18.8. The topological polar surface area (TPSA) is 144 Å². The highest BCUT2D eigenvalue weighted by atomic mass is 16.5. The summed E-state index contributed by atoms with van der Waals surface area (Å²) in [5.74, 6) is 0.559. The van der Waals surface area contributed by atoms with E-state index in [4.69, 9.17) is 9.26 Å². The van der Waals surface area contributed by atoms with E-state index in [0.717, 1.165) is 5.69 Å². The van der Waals surface area contributed by atoms with Gasteiger partial charge in [0.05, 0.1) is 36.1 Å². The Balaban J connectivity index is 1.48. The summed E-state index contributed by atoms with van der Waals surface area (Å²) < 4.78 is 12.5. The molecular formula is C22H22N8O4. The molecule has 0 aromatic carbocycles. The summed E-state index contributed by atoms with van der Waals surface area (Å²) in [4.78, 5) is 27.3. The van der Waals surface area contributed by atoms with Gasteiger partial charge < -0.3 is 24.6 Å². The van der Waals surface area contributed by atoms with Crippen molar-refractivity contribution in [1.29, 1.82) is 0 Å². The zero-order valence-electron chi connectivity index (χ0n) is 18.8. The van der Waals surface area contributed by atoms with E-state index in [9.17, 15) is 9.90 Å². The average molecular weight is 462 g/mol. The largest absolute Gasteiger partial charge is 0.497 e. The molecule has 1 amide bonds. The first-order valence-electron chi connectivity index (χ1n) is 10.5. The number of aliphatic hydroxyl groups is 1. The van der Waals surface area contributed by atoms with Gasteiger partial charge in [0, 0.05) is 57.7 Å². The first-order chi connectivity index (χ1) is 16.4. The molecular weight excluding hydrogens is 440 g/mol. The minimum Gasteiger partial charge on any atom is -0.497 e. The number of nitrogens with one attached hydrogen (secondary N) is 1. The van der Waals surface area contributed by atoms with Gasteiger partial charge in [-0.25, -0.2) is 15.0 Å². The molecule has 0 aliphatic carbocycles. The van der Waals surface area contributed by atoms with E-state index in [-0.39, 0.29) is 12.2 Å². The average Bonchev–Trinajstić information content (AvgIpc) is 3.56. The fraction of sp³-hybridized carbons (Fsp3) is 0.273. The Morgan fingerprint density at radius 1 is 1.15 bits per heavy atom. The molecule has 0 bridgehead atoms. The first kappa shape index (κ1) is 21.5. The van der Waals surface area contributed by atoms with Crippen LogP contribution < -0.4 is 10.1 Å². The van der Waals surface area contributed by atoms with Gasteiger partial charge in [0.1, 0.15) is 11.4 Å². The monoisotopic (exact) mass is 462 g/mol. The molecule has 12 nitrogen and oxygen atoms in total. The maximum atomic E-state index is 12.4. The maximum absolute atomic E-state index is 12.4. The number of ether oxygens (including phenoxy) is 1. The van der Waals surface area contributed by atoms with Crippen LogP contribution in [0.15, 0.2) is 47.4 Å². The predicted octanol–water partition coefficient (Wildman–Crippen LogP) is 1.73. The molecule has 1 unspecified atom stereocenters. The van der Waals surface area contributed by atoms with Crippen molar-refractivity contribution in [2.75, 3.05) is 26.0 Å². The van der Waals surface area contributed by atoms with Gasteiger partial charge in [-0.05, 0) is 6.07 Å². The maximum Gasteiger partial charge on any atom is 0.262 e. The molecule has 1 aliphatic rings. The number of carbonyl (C=O) groups excluding carboxylic acids is 1. The third-order valence-electron chi connectivity index (χ3n) is 5.60. The number of nitrogens with zero attached hydrogens (tertiary/aromatic N) is 7. The number of anilines is 2. The fourth-order valence-corrected chi connectivity index (χ4v) is 3.74. The number of aromatic nitrogens is 6. The minimum absolute atomic E-state index is 0.0769. The van der Waals surface area contributed by atoms with Crippen molar-refractivity contribution in [2.24, 2.45) is 7.05 Å². The second-order valence-corrected chi connectivity index (χ2v) is 7.98. The SMILES string of the molecule is COc1cc(-c2cc(C3(O)CCN(C)C3=O)on2)nc(-c2ccnc(Nc3cnn(C)c3)n2)c1. The Kier molecular flexibility index (Phi) is 5.21. The molecule has 34 heavy (non-hydrogen) atoms. The molecule has 1 atom stereocenters. The molecule has 4 aromatic heterocycles. The van der Waals surface area contributed by atoms with E-state index in [1.54, 1.807) is 55.6 Å². The predicted molar refractivity (Wildman–Crippen MR) is 120 cm³/mol. The van der Waals surface area contributed by atoms with Crippen LogP contribution in [0.2, 0.25) is 0 Å². The Morgan fingerprint density at radius 2 is 1.94 bits per heavy atom. The number of rotatable bonds is 6. The van der Waals surface area contributed by atoms with E-state index >= 15 is 0 Å². The van der Waals surface area contributed by atoms with Crippen LogP contribution in [0.4, 0.5) is 11.6 Å². The zero-order chi connectivity index (χ0) is 23.9. The molecule has 1 saturated heterocycles. The van der Waals surface area contributed by atoms with Crippen LogP contribution >= 0.6 is 0 Å². The highest BCUT2D eigenvalue weighted by Crippen LogP contribution is 2.35. The van der Waals surface area contributed by atoms with Crippen LogP contribution in [-0.2, 0) is 17.4 Å². The number of carbonyl (C=O) groups is 1. The van der Waals surface area contributed by atoms with Crippen LogP contribution in [0, 0.1) is 0 Å². The van der Waals surface area contributed by atoms with Gasteiger partial charge in [-0.1, -0.05) is 5.16 Å². The number of likely N-dealkylation sites (tertiary alicyclic amines) is 1. The van der Waals surface area contributed by atoms with Gasteiger partial charge in [-0.15, -0.1) is 0 Å². The molecule has 1 fully saturated rings. The summed E-state index contributed by atoms with van der Waals surface area (Å²) in [5.41, 5.74) is 0.878. The lowest BCUT2D eigenvalue weighted by atomic mass is 9.98. The number of methoxy groups -OCH3 is 1. The third-order valence-corrected chi connectivity index (χ3v) is 5.60. The number of hydrogen-bond donors (Lipinski definition) is 2. The number of aryl methyl sites for hydroxylation is 1. The molecule has 1 aliphatic heterocycles. The van der Waals surface area contributed by atoms with Crippen molar-refractivity contribution in [1.82, 2.24) is 34.8 Å². The van der Waals surface area contributed by atoms with Crippen LogP contribution in [0.3, 0.4) is 0 Å². The summed E-state index contributed by atoms with van der Waals surface area (Å²) >= 11 is 0. The molecule has 2 N–H and O–H groups in total. The van der Waals surface area contributed by atoms with Crippen molar-refractivity contribution >= 4 is 17.5 Å². The first-order valence-corrected chi connectivity index (χ1v) is 10.5. The lowest BCUT2D eigenvalue weighted by molar-refractivity contribution is -0.144. The van der Waals surface area contributed by atoms with E-state index in [1.165, 1.54) is 11.0 Å². The fourth-order valence-electron chi connectivity index (χ4n) is 3.74. The van der Waals surface area contributed by atoms with Crippen molar-refractivity contribution < 1.29 is 19.2 Å². The minimum atomic E-state index is -1.73. The van der Waals surface area contributed by atoms with Crippen molar-refractivity contribution in [3.05, 3.63) is 48.6 Å². The molecule has 4 aromatic rings. The van der Waals surface area contributed by atoms with Gasteiger partial charge in [0.2, 0.25) is 11.5 Å². The normalized spacial score (nSPS) is 17.9. The van der Waals surface area contributed by atoms with E-state index in [2.05, 4.69) is 30.5 Å². The summed E-state index contributed by atoms with van der Waals surface area (Å²) in [7, 11) is 4.99. The molecule has 12 heteroatoms. The Hall–Kier alpha value is -4.32. The van der Waals surface area contributed by atoms with Crippen molar-refractivity contribution in [3.63, 3.8) is 0 Å². The van der Waals surface area contributed by atoms with Crippen LogP contribution in [0.25, 0.3) is 22.8 Å². The second-order valence-electron chi connectivity index (χ2n) is 7.98. The number of likely N-dealkylation sites (N-methyl/N-ethyl adjacent to an activating group) is 1. The molecule has 174 valence electrons. The molecule has 0 saturated carbocycles. The lowest BCUT2D eigenvalue weighted by Crippen LogP contribution is -2.35. The molecule has 0 radical (unpaired) electrons. The number of hydrogen-bond acceptors (Lipinski definition) is 10. The second kappa shape index (κ2) is 8.23. The number of amides is 1. The molecule has 5 rings (SSSR count). The summed E-state index contributed by atoms with van der Waals surface area (Å²) in [6.45, 7) is 0.427. The highest BCUT2D eigenvalue weighted by Gasteiger charge is 2.48. The van der Waals surface area contributed by atoms with E-state index in [1.807, 2.05) is 7.05 Å². The van der Waals surface area contributed by atoms with Gasteiger partial charge in [-0.2, -0.15) is 5.10 Å². The standard InChI is InChI=1S/C22H22N8O4/c1-29-7-5-22(32,20(29)31)19-10-18(28-34-19)17-9-14(33-3)8-16(26-17)15-4-6-23-21(27-15)25-13-11-24-30(2)12-13/h4,6,8-12,32H,5,7H2,1-3H3,(H,23,25,27). The van der Waals surface area contributed by atoms with Gasteiger partial charge >= 0.3 is 0 Å². The summed E-state index contributed by atoms with van der Waals surface area (Å²) in [6, 6.07) is 6.68. The van der Waals surface area contributed by atoms with E-state index < -0.39 is 11.5 Å². The summed E-state index contributed by atoms with van der Waals surface area (Å²) in [5, 5.41) is 22.1. The third kappa shape index (κ3) is 3.83. The van der Waals surface area contributed by atoms with E-state index in [0.29, 0.717) is 41.0 Å². The van der Waals surface area contributed by atoms with Crippen LogP contribution in [0.5, 0.6) is 5.75 Å². The Labute approximate surface area is 194 Å². The van der Waals surface area contributed by atoms with Crippen molar-refractivity contribution in [2.45, 2.75) is 12.0 Å². The van der Waals surface area contributed by atoms with Gasteiger partial charge in [-0.3, -0.25) is 9.48 Å². The molecule has 0 spiro atoms. The smallest absolute Gasteiger partial charge is 0.262 e. The Morgan fingerprint density at radius 3 is 2.62 bits per heavy atom. The van der Waals surface area contributed by atoms with Crippen molar-refractivity contribution in [3.8, 4) is 28.5 Å². The molecule has 5 heterocycles. The van der Waals surface area contributed by atoms with Gasteiger partial charge in [0.15, 0.2) is 5.76 Å². The van der Waals surface area contributed by atoms with Crippen LogP contribution in [0.1, 0.15) is 12.2 Å². The van der Waals surface area contributed by atoms with Crippen LogP contribution in [-0.4, -0.2) is 66.5 Å². The Bertz CT molecular complexity index is 1370. The highest BCUT2D eigenvalue weighted by molar-refractivity contribution is 5.87. The quantitative estimate of drug-likeness (QED) is 0.434. The van der Waals surface area contributed by atoms with Gasteiger partial charge in [0.25, 0.3) is 5.91 Å².